The summed E-state index contributed by atoms with van der Waals surface area (Å²) in [5.41, 5.74) is 1.20. The average Bonchev–Trinajstić information content (AvgIpc) is 2.82. The van der Waals surface area contributed by atoms with E-state index in [-0.39, 0.29) is 21.6 Å². The highest BCUT2D eigenvalue weighted by atomic mass is 35.5. The van der Waals surface area contributed by atoms with Crippen molar-refractivity contribution in [2.45, 2.75) is 4.90 Å². The van der Waals surface area contributed by atoms with Crippen LogP contribution in [0.3, 0.4) is 0 Å². The summed E-state index contributed by atoms with van der Waals surface area (Å²) in [5.74, 6) is 1.14. The number of methoxy groups -OCH3 is 2. The number of anilines is 3. The molecule has 0 spiro atoms. The van der Waals surface area contributed by atoms with Gasteiger partial charge in [-0.25, -0.2) is 18.4 Å². The van der Waals surface area contributed by atoms with Crippen LogP contribution in [-0.2, 0) is 10.0 Å². The molecule has 0 saturated heterocycles. The van der Waals surface area contributed by atoms with Crippen LogP contribution in [0.15, 0.2) is 65.6 Å². The molecule has 33 heavy (non-hydrogen) atoms. The highest BCUT2D eigenvalue weighted by molar-refractivity contribution is 7.92. The van der Waals surface area contributed by atoms with Gasteiger partial charge in [-0.2, -0.15) is 0 Å². The van der Waals surface area contributed by atoms with E-state index in [0.717, 1.165) is 0 Å². The highest BCUT2D eigenvalue weighted by Gasteiger charge is 2.20. The third-order valence-electron chi connectivity index (χ3n) is 4.63. The Balaban J connectivity index is 1.85. The maximum absolute atomic E-state index is 13.0. The summed E-state index contributed by atoms with van der Waals surface area (Å²) < 4.78 is 39.1. The van der Waals surface area contributed by atoms with Gasteiger partial charge in [0.25, 0.3) is 10.0 Å². The Morgan fingerprint density at radius 1 is 0.848 bits per heavy atom. The van der Waals surface area contributed by atoms with Gasteiger partial charge in [0.2, 0.25) is 0 Å². The predicted molar refractivity (Wildman–Crippen MR) is 130 cm³/mol. The standard InChI is InChI=1S/C22H18Cl2N4O4S/c1-31-14-10-13(11-15(12-14)32-2)25-21-22(28-33(29,30)16-6-4-3-5-7-16)26-18-9-8-17(23)19(24)20(18)27-21/h3-12H,1-2H3,(H,25,27)(H,26,28). The van der Waals surface area contributed by atoms with Crippen LogP contribution in [0.1, 0.15) is 0 Å². The van der Waals surface area contributed by atoms with Crippen LogP contribution in [0.5, 0.6) is 11.5 Å². The molecule has 0 aliphatic rings. The van der Waals surface area contributed by atoms with E-state index in [9.17, 15) is 8.42 Å². The molecular weight excluding hydrogens is 487 g/mol. The molecule has 0 saturated carbocycles. The minimum Gasteiger partial charge on any atom is -0.497 e. The van der Waals surface area contributed by atoms with Crippen LogP contribution in [0.2, 0.25) is 10.0 Å². The van der Waals surface area contributed by atoms with Crippen molar-refractivity contribution in [3.05, 3.63) is 70.7 Å². The van der Waals surface area contributed by atoms with Crippen LogP contribution >= 0.6 is 23.2 Å². The van der Waals surface area contributed by atoms with Crippen molar-refractivity contribution in [2.75, 3.05) is 24.3 Å². The fourth-order valence-electron chi connectivity index (χ4n) is 3.02. The second kappa shape index (κ2) is 9.30. The number of benzene rings is 3. The van der Waals surface area contributed by atoms with Gasteiger partial charge < -0.3 is 14.8 Å². The predicted octanol–water partition coefficient (Wildman–Crippen LogP) is 5.50. The lowest BCUT2D eigenvalue weighted by atomic mass is 10.2. The molecule has 170 valence electrons. The molecule has 11 heteroatoms. The quantitative estimate of drug-likeness (QED) is 0.342. The summed E-state index contributed by atoms with van der Waals surface area (Å²) in [6.07, 6.45) is 0. The van der Waals surface area contributed by atoms with Crippen LogP contribution in [0, 0.1) is 0 Å². The van der Waals surface area contributed by atoms with E-state index >= 15 is 0 Å². The zero-order valence-corrected chi connectivity index (χ0v) is 19.8. The lowest BCUT2D eigenvalue weighted by Crippen LogP contribution is -2.16. The number of rotatable bonds is 7. The minimum atomic E-state index is -3.94. The average molecular weight is 505 g/mol. The minimum absolute atomic E-state index is 0.0217. The summed E-state index contributed by atoms with van der Waals surface area (Å²) in [4.78, 5) is 9.05. The third-order valence-corrected chi connectivity index (χ3v) is 6.78. The van der Waals surface area contributed by atoms with Crippen molar-refractivity contribution in [1.82, 2.24) is 9.97 Å². The lowest BCUT2D eigenvalue weighted by molar-refractivity contribution is 0.395. The lowest BCUT2D eigenvalue weighted by Gasteiger charge is -2.15. The monoisotopic (exact) mass is 504 g/mol. The van der Waals surface area contributed by atoms with Gasteiger partial charge in [-0.05, 0) is 24.3 Å². The Labute approximate surface area is 200 Å². The van der Waals surface area contributed by atoms with Gasteiger partial charge in [-0.1, -0.05) is 41.4 Å². The number of ether oxygens (including phenoxy) is 2. The topological polar surface area (TPSA) is 102 Å². The number of nitrogens with zero attached hydrogens (tertiary/aromatic N) is 2. The number of hydrogen-bond donors (Lipinski definition) is 2. The molecule has 8 nitrogen and oxygen atoms in total. The Kier molecular flexibility index (Phi) is 6.46. The van der Waals surface area contributed by atoms with Crippen molar-refractivity contribution in [1.29, 1.82) is 0 Å². The second-order valence-electron chi connectivity index (χ2n) is 6.79. The summed E-state index contributed by atoms with van der Waals surface area (Å²) in [7, 11) is -0.895. The molecule has 4 aromatic rings. The molecule has 0 bridgehead atoms. The molecule has 1 aromatic heterocycles. The van der Waals surface area contributed by atoms with Crippen LogP contribution in [0.25, 0.3) is 11.0 Å². The summed E-state index contributed by atoms with van der Waals surface area (Å²) >= 11 is 12.5. The molecule has 1 heterocycles. The van der Waals surface area contributed by atoms with Crippen molar-refractivity contribution in [3.63, 3.8) is 0 Å². The van der Waals surface area contributed by atoms with Gasteiger partial charge in [0.1, 0.15) is 17.0 Å². The van der Waals surface area contributed by atoms with Gasteiger partial charge in [0, 0.05) is 23.9 Å². The molecule has 0 atom stereocenters. The fraction of sp³-hybridized carbons (Fsp3) is 0.0909. The summed E-state index contributed by atoms with van der Waals surface area (Å²) in [6.45, 7) is 0. The Morgan fingerprint density at radius 2 is 1.52 bits per heavy atom. The highest BCUT2D eigenvalue weighted by Crippen LogP contribution is 2.35. The molecule has 0 aliphatic carbocycles. The van der Waals surface area contributed by atoms with Gasteiger partial charge in [-0.3, -0.25) is 4.72 Å². The van der Waals surface area contributed by atoms with E-state index in [0.29, 0.717) is 33.2 Å². The Hall–Kier alpha value is -3.27. The van der Waals surface area contributed by atoms with E-state index in [2.05, 4.69) is 20.0 Å². The third kappa shape index (κ3) is 4.90. The van der Waals surface area contributed by atoms with Crippen LogP contribution in [-0.4, -0.2) is 32.6 Å². The smallest absolute Gasteiger partial charge is 0.263 e. The zero-order valence-electron chi connectivity index (χ0n) is 17.5. The van der Waals surface area contributed by atoms with Crippen molar-refractivity contribution in [3.8, 4) is 11.5 Å². The molecule has 0 amide bonds. The Morgan fingerprint density at radius 3 is 2.15 bits per heavy atom. The number of sulfonamides is 1. The molecular formula is C22H18Cl2N4O4S. The summed E-state index contributed by atoms with van der Waals surface area (Å²) in [6, 6.07) is 16.2. The van der Waals surface area contributed by atoms with Gasteiger partial charge in [0.05, 0.1) is 34.7 Å². The first-order valence-corrected chi connectivity index (χ1v) is 11.8. The van der Waals surface area contributed by atoms with Crippen LogP contribution in [0.4, 0.5) is 17.3 Å². The van der Waals surface area contributed by atoms with Gasteiger partial charge in [-0.15, -0.1) is 0 Å². The van der Waals surface area contributed by atoms with Crippen LogP contribution < -0.4 is 19.5 Å². The van der Waals surface area contributed by atoms with E-state index in [4.69, 9.17) is 32.7 Å². The second-order valence-corrected chi connectivity index (χ2v) is 9.26. The first kappa shape index (κ1) is 22.9. The Bertz CT molecular complexity index is 1410. The number of aromatic nitrogens is 2. The molecule has 0 fully saturated rings. The SMILES string of the molecule is COc1cc(Nc2nc3c(Cl)c(Cl)ccc3nc2NS(=O)(=O)c2ccccc2)cc(OC)c1. The van der Waals surface area contributed by atoms with E-state index in [1.165, 1.54) is 26.4 Å². The largest absolute Gasteiger partial charge is 0.497 e. The molecule has 3 aromatic carbocycles. The number of hydrogen-bond acceptors (Lipinski definition) is 7. The molecule has 0 radical (unpaired) electrons. The van der Waals surface area contributed by atoms with E-state index in [1.807, 2.05) is 0 Å². The first-order valence-electron chi connectivity index (χ1n) is 9.54. The molecule has 0 aliphatic heterocycles. The number of nitrogens with one attached hydrogen (secondary N) is 2. The van der Waals surface area contributed by atoms with E-state index < -0.39 is 10.0 Å². The maximum Gasteiger partial charge on any atom is 0.263 e. The first-order chi connectivity index (χ1) is 15.8. The molecule has 4 rings (SSSR count). The number of fused-ring (bicyclic) bond motifs is 1. The normalized spacial score (nSPS) is 11.3. The summed E-state index contributed by atoms with van der Waals surface area (Å²) in [5, 5.41) is 3.57. The van der Waals surface area contributed by atoms with Crippen molar-refractivity contribution in [2.24, 2.45) is 0 Å². The maximum atomic E-state index is 13.0. The van der Waals surface area contributed by atoms with Gasteiger partial charge in [0.15, 0.2) is 11.6 Å². The van der Waals surface area contributed by atoms with Crippen molar-refractivity contribution >= 4 is 61.6 Å². The van der Waals surface area contributed by atoms with E-state index in [1.54, 1.807) is 48.5 Å². The van der Waals surface area contributed by atoms with Crippen molar-refractivity contribution < 1.29 is 17.9 Å². The number of halogens is 2. The fourth-order valence-corrected chi connectivity index (χ4v) is 4.41. The molecule has 2 N–H and O–H groups in total. The zero-order chi connectivity index (χ0) is 23.6. The van der Waals surface area contributed by atoms with Gasteiger partial charge >= 0.3 is 0 Å². The molecule has 0 unspecified atom stereocenters.